The van der Waals surface area contributed by atoms with E-state index in [0.717, 1.165) is 18.5 Å². The number of benzene rings is 1. The van der Waals surface area contributed by atoms with Crippen LogP contribution in [0.25, 0.3) is 0 Å². The number of aryl methyl sites for hydroxylation is 1. The first-order chi connectivity index (χ1) is 8.83. The maximum Gasteiger partial charge on any atom is 0.237 e. The van der Waals surface area contributed by atoms with Gasteiger partial charge in [-0.2, -0.15) is 5.10 Å². The summed E-state index contributed by atoms with van der Waals surface area (Å²) in [5, 5.41) is 10.1. The van der Waals surface area contributed by atoms with E-state index in [1.54, 1.807) is 0 Å². The van der Waals surface area contributed by atoms with Gasteiger partial charge in [0, 0.05) is 5.69 Å². The fourth-order valence-electron chi connectivity index (χ4n) is 1.99. The molecule has 0 bridgehead atoms. The average Bonchev–Trinajstić information content (AvgIpc) is 2.83. The highest BCUT2D eigenvalue weighted by atomic mass is 32.2. The number of para-hydroxylation sites is 1. The highest BCUT2D eigenvalue weighted by Crippen LogP contribution is 2.29. The SMILES string of the molecule is O=C1Nc2ccccc2CC[C@@H]1Sc1ncn[nH]1. The van der Waals surface area contributed by atoms with Gasteiger partial charge in [-0.1, -0.05) is 30.0 Å². The Labute approximate surface area is 108 Å². The number of thioether (sulfide) groups is 1. The van der Waals surface area contributed by atoms with Crippen molar-refractivity contribution in [2.45, 2.75) is 23.2 Å². The molecule has 0 fully saturated rings. The van der Waals surface area contributed by atoms with E-state index in [-0.39, 0.29) is 11.2 Å². The van der Waals surface area contributed by atoms with Gasteiger partial charge in [-0.25, -0.2) is 4.98 Å². The number of rotatable bonds is 2. The molecule has 1 atom stereocenters. The maximum absolute atomic E-state index is 12.1. The van der Waals surface area contributed by atoms with E-state index in [4.69, 9.17) is 0 Å². The van der Waals surface area contributed by atoms with Gasteiger partial charge in [0.2, 0.25) is 5.91 Å². The number of nitrogens with one attached hydrogen (secondary N) is 2. The summed E-state index contributed by atoms with van der Waals surface area (Å²) in [5.74, 6) is 0.0290. The molecule has 0 spiro atoms. The molecule has 0 radical (unpaired) electrons. The Hall–Kier alpha value is -1.82. The van der Waals surface area contributed by atoms with Crippen molar-refractivity contribution in [3.63, 3.8) is 0 Å². The molecule has 1 aromatic carbocycles. The molecule has 18 heavy (non-hydrogen) atoms. The molecule has 6 heteroatoms. The second-order valence-corrected chi connectivity index (χ2v) is 5.27. The summed E-state index contributed by atoms with van der Waals surface area (Å²) >= 11 is 1.42. The summed E-state index contributed by atoms with van der Waals surface area (Å²) in [7, 11) is 0. The van der Waals surface area contributed by atoms with Crippen molar-refractivity contribution in [3.8, 4) is 0 Å². The lowest BCUT2D eigenvalue weighted by atomic mass is 10.1. The summed E-state index contributed by atoms with van der Waals surface area (Å²) in [5.41, 5.74) is 2.11. The lowest BCUT2D eigenvalue weighted by Crippen LogP contribution is -2.23. The highest BCUT2D eigenvalue weighted by Gasteiger charge is 2.25. The van der Waals surface area contributed by atoms with Gasteiger partial charge in [0.15, 0.2) is 5.16 Å². The number of hydrogen-bond acceptors (Lipinski definition) is 4. The van der Waals surface area contributed by atoms with Gasteiger partial charge in [-0.15, -0.1) is 0 Å². The smallest absolute Gasteiger partial charge is 0.237 e. The number of amides is 1. The van der Waals surface area contributed by atoms with Crippen LogP contribution in [0.3, 0.4) is 0 Å². The Morgan fingerprint density at radius 2 is 2.22 bits per heavy atom. The minimum absolute atomic E-state index is 0.0290. The van der Waals surface area contributed by atoms with Crippen LogP contribution in [0.5, 0.6) is 0 Å². The maximum atomic E-state index is 12.1. The minimum atomic E-state index is -0.134. The normalized spacial score (nSPS) is 18.9. The van der Waals surface area contributed by atoms with E-state index in [1.807, 2.05) is 18.2 Å². The van der Waals surface area contributed by atoms with Gasteiger partial charge in [-0.3, -0.25) is 9.89 Å². The number of carbonyl (C=O) groups is 1. The lowest BCUT2D eigenvalue weighted by Gasteiger charge is -2.10. The number of carbonyl (C=O) groups excluding carboxylic acids is 1. The molecule has 3 rings (SSSR count). The van der Waals surface area contributed by atoms with E-state index in [1.165, 1.54) is 23.7 Å². The highest BCUT2D eigenvalue weighted by molar-refractivity contribution is 8.00. The molecule has 1 aliphatic rings. The van der Waals surface area contributed by atoms with Crippen LogP contribution in [0.4, 0.5) is 5.69 Å². The monoisotopic (exact) mass is 260 g/mol. The zero-order valence-electron chi connectivity index (χ0n) is 9.59. The van der Waals surface area contributed by atoms with Crippen molar-refractivity contribution in [1.29, 1.82) is 0 Å². The molecular formula is C12H12N4OS. The van der Waals surface area contributed by atoms with Crippen LogP contribution in [0, 0.1) is 0 Å². The van der Waals surface area contributed by atoms with Crippen molar-refractivity contribution in [2.24, 2.45) is 0 Å². The second kappa shape index (κ2) is 4.81. The fourth-order valence-corrected chi connectivity index (χ4v) is 2.87. The van der Waals surface area contributed by atoms with Crippen LogP contribution in [0.2, 0.25) is 0 Å². The molecule has 0 aliphatic carbocycles. The Morgan fingerprint density at radius 1 is 1.33 bits per heavy atom. The molecule has 1 aliphatic heterocycles. The summed E-state index contributed by atoms with van der Waals surface area (Å²) < 4.78 is 0. The van der Waals surface area contributed by atoms with Crippen molar-refractivity contribution in [3.05, 3.63) is 36.2 Å². The Kier molecular flexibility index (Phi) is 3.02. The van der Waals surface area contributed by atoms with E-state index >= 15 is 0 Å². The number of aromatic amines is 1. The average molecular weight is 260 g/mol. The number of nitrogens with zero attached hydrogens (tertiary/aromatic N) is 2. The predicted molar refractivity (Wildman–Crippen MR) is 69.4 cm³/mol. The Morgan fingerprint density at radius 3 is 3.06 bits per heavy atom. The summed E-state index contributed by atoms with van der Waals surface area (Å²) in [6.07, 6.45) is 3.14. The first kappa shape index (κ1) is 11.3. The van der Waals surface area contributed by atoms with Gasteiger partial charge >= 0.3 is 0 Å². The van der Waals surface area contributed by atoms with Gasteiger partial charge < -0.3 is 5.32 Å². The summed E-state index contributed by atoms with van der Waals surface area (Å²) in [6.45, 7) is 0. The third-order valence-electron chi connectivity index (χ3n) is 2.89. The minimum Gasteiger partial charge on any atom is -0.325 e. The number of fused-ring (bicyclic) bond motifs is 1. The molecule has 1 amide bonds. The molecule has 2 aromatic rings. The van der Waals surface area contributed by atoms with E-state index < -0.39 is 0 Å². The molecule has 0 saturated carbocycles. The van der Waals surface area contributed by atoms with Crippen molar-refractivity contribution in [2.75, 3.05) is 5.32 Å². The van der Waals surface area contributed by atoms with E-state index in [2.05, 4.69) is 26.6 Å². The van der Waals surface area contributed by atoms with Crippen LogP contribution in [-0.2, 0) is 11.2 Å². The molecule has 5 nitrogen and oxygen atoms in total. The van der Waals surface area contributed by atoms with Gasteiger partial charge in [-0.05, 0) is 24.5 Å². The standard InChI is InChI=1S/C12H12N4OS/c17-11-10(18-12-13-7-14-16-12)6-5-8-3-1-2-4-9(8)15-11/h1-4,7,10H,5-6H2,(H,15,17)(H,13,14,16)/t10-/m0/s1. The van der Waals surface area contributed by atoms with Crippen LogP contribution in [-0.4, -0.2) is 26.3 Å². The Bertz CT molecular complexity index is 555. The number of aromatic nitrogens is 3. The topological polar surface area (TPSA) is 70.7 Å². The van der Waals surface area contributed by atoms with Crippen molar-refractivity contribution >= 4 is 23.4 Å². The molecule has 2 N–H and O–H groups in total. The number of hydrogen-bond donors (Lipinski definition) is 2. The van der Waals surface area contributed by atoms with E-state index in [0.29, 0.717) is 5.16 Å². The molecular weight excluding hydrogens is 248 g/mol. The van der Waals surface area contributed by atoms with Crippen molar-refractivity contribution in [1.82, 2.24) is 15.2 Å². The van der Waals surface area contributed by atoms with Crippen LogP contribution in [0.15, 0.2) is 35.7 Å². The van der Waals surface area contributed by atoms with Crippen LogP contribution >= 0.6 is 11.8 Å². The zero-order valence-corrected chi connectivity index (χ0v) is 10.4. The summed E-state index contributed by atoms with van der Waals surface area (Å²) in [4.78, 5) is 16.2. The van der Waals surface area contributed by atoms with E-state index in [9.17, 15) is 4.79 Å². The van der Waals surface area contributed by atoms with Gasteiger partial charge in [0.1, 0.15) is 6.33 Å². The fraction of sp³-hybridized carbons (Fsp3) is 0.250. The molecule has 2 heterocycles. The third-order valence-corrected chi connectivity index (χ3v) is 4.04. The summed E-state index contributed by atoms with van der Waals surface area (Å²) in [6, 6.07) is 7.92. The van der Waals surface area contributed by atoms with Gasteiger partial charge in [0.25, 0.3) is 0 Å². The predicted octanol–water partition coefficient (Wildman–Crippen LogP) is 1.85. The quantitative estimate of drug-likeness (QED) is 0.864. The first-order valence-electron chi connectivity index (χ1n) is 5.74. The largest absolute Gasteiger partial charge is 0.325 e. The number of H-pyrrole nitrogens is 1. The molecule has 0 unspecified atom stereocenters. The third kappa shape index (κ3) is 2.24. The first-order valence-corrected chi connectivity index (χ1v) is 6.62. The Balaban J connectivity index is 1.78. The van der Waals surface area contributed by atoms with Crippen LogP contribution in [0.1, 0.15) is 12.0 Å². The second-order valence-electron chi connectivity index (χ2n) is 4.08. The molecule has 92 valence electrons. The molecule has 1 aromatic heterocycles. The number of anilines is 1. The molecule has 0 saturated heterocycles. The van der Waals surface area contributed by atoms with Crippen molar-refractivity contribution < 1.29 is 4.79 Å². The van der Waals surface area contributed by atoms with Gasteiger partial charge in [0.05, 0.1) is 5.25 Å². The van der Waals surface area contributed by atoms with Crippen LogP contribution < -0.4 is 5.32 Å². The lowest BCUT2D eigenvalue weighted by molar-refractivity contribution is -0.115. The zero-order chi connectivity index (χ0) is 12.4.